The summed E-state index contributed by atoms with van der Waals surface area (Å²) in [6, 6.07) is 4.36. The Balaban J connectivity index is 2.23. The van der Waals surface area contributed by atoms with Crippen molar-refractivity contribution in [2.24, 2.45) is 5.73 Å². The molecule has 0 spiro atoms. The monoisotopic (exact) mass is 278 g/mol. The first-order valence-electron chi connectivity index (χ1n) is 5.32. The van der Waals surface area contributed by atoms with E-state index in [2.05, 4.69) is 15.3 Å². The number of benzene rings is 1. The second-order valence-electron chi connectivity index (χ2n) is 3.62. The Kier molecular flexibility index (Phi) is 3.86. The highest BCUT2D eigenvalue weighted by atomic mass is 32.1. The standard InChI is InChI=1S/C12H11FN4OS/c1-18-7-2-3-8(13)9(4-7)17-11-6-15-10(5-16-11)12(14)19/h2-6H,1H3,(H2,14,19)(H,16,17). The Bertz CT molecular complexity index is 603. The highest BCUT2D eigenvalue weighted by Crippen LogP contribution is 2.23. The van der Waals surface area contributed by atoms with Gasteiger partial charge in [0.1, 0.15) is 28.1 Å². The smallest absolute Gasteiger partial charge is 0.148 e. The zero-order valence-electron chi connectivity index (χ0n) is 10.1. The average Bonchev–Trinajstić information content (AvgIpc) is 2.42. The van der Waals surface area contributed by atoms with Crippen molar-refractivity contribution in [1.29, 1.82) is 0 Å². The molecule has 0 aliphatic rings. The summed E-state index contributed by atoms with van der Waals surface area (Å²) in [7, 11) is 1.51. The minimum absolute atomic E-state index is 0.159. The van der Waals surface area contributed by atoms with Crippen molar-refractivity contribution >= 4 is 28.7 Å². The molecule has 0 aliphatic carbocycles. The van der Waals surface area contributed by atoms with Crippen LogP contribution in [0.3, 0.4) is 0 Å². The molecule has 2 aromatic rings. The maximum absolute atomic E-state index is 13.6. The normalized spacial score (nSPS) is 10.0. The zero-order chi connectivity index (χ0) is 13.8. The van der Waals surface area contributed by atoms with Gasteiger partial charge in [0.05, 0.1) is 25.2 Å². The van der Waals surface area contributed by atoms with Crippen LogP contribution in [-0.4, -0.2) is 22.1 Å². The summed E-state index contributed by atoms with van der Waals surface area (Å²) < 4.78 is 18.6. The number of hydrogen-bond acceptors (Lipinski definition) is 5. The summed E-state index contributed by atoms with van der Waals surface area (Å²) in [6.45, 7) is 0. The number of nitrogens with one attached hydrogen (secondary N) is 1. The lowest BCUT2D eigenvalue weighted by atomic mass is 10.3. The van der Waals surface area contributed by atoms with Crippen molar-refractivity contribution in [2.75, 3.05) is 12.4 Å². The fourth-order valence-electron chi connectivity index (χ4n) is 1.38. The van der Waals surface area contributed by atoms with Crippen LogP contribution in [0.25, 0.3) is 0 Å². The summed E-state index contributed by atoms with van der Waals surface area (Å²) in [5, 5.41) is 2.80. The maximum Gasteiger partial charge on any atom is 0.148 e. The van der Waals surface area contributed by atoms with Gasteiger partial charge in [-0.3, -0.25) is 0 Å². The van der Waals surface area contributed by atoms with Crippen LogP contribution >= 0.6 is 12.2 Å². The Morgan fingerprint density at radius 3 is 2.74 bits per heavy atom. The number of aromatic nitrogens is 2. The first-order chi connectivity index (χ1) is 9.10. The number of thiocarbonyl (C=S) groups is 1. The number of methoxy groups -OCH3 is 1. The molecule has 98 valence electrons. The van der Waals surface area contributed by atoms with E-state index in [1.165, 1.54) is 37.7 Å². The van der Waals surface area contributed by atoms with Crippen molar-refractivity contribution in [3.8, 4) is 5.75 Å². The van der Waals surface area contributed by atoms with Crippen molar-refractivity contribution in [3.05, 3.63) is 42.1 Å². The van der Waals surface area contributed by atoms with E-state index in [1.807, 2.05) is 0 Å². The molecule has 7 heteroatoms. The topological polar surface area (TPSA) is 73.1 Å². The Hall–Kier alpha value is -2.28. The fourth-order valence-corrected chi connectivity index (χ4v) is 1.49. The van der Waals surface area contributed by atoms with Crippen LogP contribution in [0, 0.1) is 5.82 Å². The number of nitrogens with two attached hydrogens (primary N) is 1. The third-order valence-electron chi connectivity index (χ3n) is 2.34. The van der Waals surface area contributed by atoms with E-state index in [-0.39, 0.29) is 10.7 Å². The number of nitrogens with zero attached hydrogens (tertiary/aromatic N) is 2. The minimum Gasteiger partial charge on any atom is -0.497 e. The largest absolute Gasteiger partial charge is 0.497 e. The van der Waals surface area contributed by atoms with E-state index < -0.39 is 5.82 Å². The molecule has 1 aromatic heterocycles. The number of ether oxygens (including phenoxy) is 1. The van der Waals surface area contributed by atoms with E-state index >= 15 is 0 Å². The molecule has 1 heterocycles. The third-order valence-corrected chi connectivity index (χ3v) is 2.55. The molecule has 2 rings (SSSR count). The van der Waals surface area contributed by atoms with Gasteiger partial charge in [-0.05, 0) is 12.1 Å². The quantitative estimate of drug-likeness (QED) is 0.833. The summed E-state index contributed by atoms with van der Waals surface area (Å²) in [5.41, 5.74) is 6.07. The molecular formula is C12H11FN4OS. The van der Waals surface area contributed by atoms with Gasteiger partial charge in [-0.1, -0.05) is 12.2 Å². The Labute approximate surface area is 114 Å². The van der Waals surface area contributed by atoms with Crippen LogP contribution in [0.2, 0.25) is 0 Å². The molecule has 0 radical (unpaired) electrons. The molecule has 0 bridgehead atoms. The Morgan fingerprint density at radius 1 is 1.37 bits per heavy atom. The zero-order valence-corrected chi connectivity index (χ0v) is 10.9. The highest BCUT2D eigenvalue weighted by Gasteiger charge is 2.06. The number of halogens is 1. The van der Waals surface area contributed by atoms with Gasteiger partial charge in [0, 0.05) is 6.07 Å². The molecule has 0 atom stereocenters. The number of hydrogen-bond donors (Lipinski definition) is 2. The molecular weight excluding hydrogens is 267 g/mol. The van der Waals surface area contributed by atoms with E-state index in [0.717, 1.165) is 0 Å². The van der Waals surface area contributed by atoms with Crippen molar-refractivity contribution in [3.63, 3.8) is 0 Å². The van der Waals surface area contributed by atoms with Crippen molar-refractivity contribution in [1.82, 2.24) is 9.97 Å². The molecule has 0 saturated heterocycles. The van der Waals surface area contributed by atoms with Crippen LogP contribution in [-0.2, 0) is 0 Å². The fraction of sp³-hybridized carbons (Fsp3) is 0.0833. The minimum atomic E-state index is -0.416. The van der Waals surface area contributed by atoms with Crippen LogP contribution in [0.1, 0.15) is 5.69 Å². The summed E-state index contributed by atoms with van der Waals surface area (Å²) in [5.74, 6) is 0.504. The van der Waals surface area contributed by atoms with Crippen LogP contribution in [0.15, 0.2) is 30.6 Å². The SMILES string of the molecule is COc1ccc(F)c(Nc2cnc(C(N)=S)cn2)c1. The molecule has 5 nitrogen and oxygen atoms in total. The molecule has 1 aromatic carbocycles. The van der Waals surface area contributed by atoms with Gasteiger partial charge in [-0.15, -0.1) is 0 Å². The van der Waals surface area contributed by atoms with Crippen LogP contribution in [0.5, 0.6) is 5.75 Å². The van der Waals surface area contributed by atoms with Crippen LogP contribution < -0.4 is 15.8 Å². The second-order valence-corrected chi connectivity index (χ2v) is 4.06. The lowest BCUT2D eigenvalue weighted by molar-refractivity contribution is 0.414. The van der Waals surface area contributed by atoms with Gasteiger partial charge in [0.25, 0.3) is 0 Å². The van der Waals surface area contributed by atoms with E-state index in [0.29, 0.717) is 17.3 Å². The molecule has 0 unspecified atom stereocenters. The highest BCUT2D eigenvalue weighted by molar-refractivity contribution is 7.80. The predicted octanol–water partition coefficient (Wildman–Crippen LogP) is 2.00. The molecule has 0 amide bonds. The third kappa shape index (κ3) is 3.14. The molecule has 0 aliphatic heterocycles. The van der Waals surface area contributed by atoms with E-state index in [9.17, 15) is 4.39 Å². The van der Waals surface area contributed by atoms with E-state index in [1.54, 1.807) is 0 Å². The average molecular weight is 278 g/mol. The first kappa shape index (κ1) is 13.2. The molecule has 0 fully saturated rings. The predicted molar refractivity (Wildman–Crippen MR) is 74.2 cm³/mol. The first-order valence-corrected chi connectivity index (χ1v) is 5.73. The van der Waals surface area contributed by atoms with Gasteiger partial charge < -0.3 is 15.8 Å². The van der Waals surface area contributed by atoms with Gasteiger partial charge in [0.15, 0.2) is 0 Å². The van der Waals surface area contributed by atoms with Gasteiger partial charge >= 0.3 is 0 Å². The Morgan fingerprint density at radius 2 is 2.16 bits per heavy atom. The molecule has 19 heavy (non-hydrogen) atoms. The molecule has 3 N–H and O–H groups in total. The second kappa shape index (κ2) is 5.57. The van der Waals surface area contributed by atoms with Gasteiger partial charge in [-0.2, -0.15) is 0 Å². The lowest BCUT2D eigenvalue weighted by Gasteiger charge is -2.08. The van der Waals surface area contributed by atoms with Crippen molar-refractivity contribution in [2.45, 2.75) is 0 Å². The maximum atomic E-state index is 13.6. The van der Waals surface area contributed by atoms with Crippen LogP contribution in [0.4, 0.5) is 15.9 Å². The van der Waals surface area contributed by atoms with Gasteiger partial charge in [-0.25, -0.2) is 14.4 Å². The van der Waals surface area contributed by atoms with Gasteiger partial charge in [0.2, 0.25) is 0 Å². The summed E-state index contributed by atoms with van der Waals surface area (Å²) in [6.07, 6.45) is 2.84. The van der Waals surface area contributed by atoms with E-state index in [4.69, 9.17) is 22.7 Å². The number of anilines is 2. The van der Waals surface area contributed by atoms with Crippen molar-refractivity contribution < 1.29 is 9.13 Å². The summed E-state index contributed by atoms with van der Waals surface area (Å²) in [4.78, 5) is 8.20. The summed E-state index contributed by atoms with van der Waals surface area (Å²) >= 11 is 4.77. The lowest BCUT2D eigenvalue weighted by Crippen LogP contribution is -2.12. The molecule has 0 saturated carbocycles. The number of rotatable bonds is 4.